The molecule has 0 saturated carbocycles. The molecule has 3 atom stereocenters. The van der Waals surface area contributed by atoms with Crippen molar-refractivity contribution in [3.63, 3.8) is 0 Å². The zero-order chi connectivity index (χ0) is 29.9. The molecule has 0 aliphatic heterocycles. The van der Waals surface area contributed by atoms with Gasteiger partial charge in [0.15, 0.2) is 11.5 Å². The van der Waals surface area contributed by atoms with Crippen LogP contribution in [0.25, 0.3) is 0 Å². The van der Waals surface area contributed by atoms with E-state index in [1.54, 1.807) is 19.9 Å². The van der Waals surface area contributed by atoms with Gasteiger partial charge < -0.3 is 29.4 Å². The average molecular weight is 552 g/mol. The SMILES string of the molecule is COC(=O)C(N)(CCOC(=O)OCC(C)C)Cc1ccc(OC(=O)C(C)C(C)C)c(OC(=O)C(C)C(C)C)c1. The first-order valence-corrected chi connectivity index (χ1v) is 13.3. The average Bonchev–Trinajstić information content (AvgIpc) is 2.86. The smallest absolute Gasteiger partial charge is 0.468 e. The molecule has 0 spiro atoms. The Hall–Kier alpha value is -3.14. The first-order valence-electron chi connectivity index (χ1n) is 13.3. The monoisotopic (exact) mass is 551 g/mol. The maximum atomic E-state index is 12.8. The van der Waals surface area contributed by atoms with Crippen LogP contribution in [0.5, 0.6) is 11.5 Å². The minimum atomic E-state index is -1.57. The van der Waals surface area contributed by atoms with Crippen LogP contribution in [0.1, 0.15) is 67.4 Å². The Morgan fingerprint density at radius 1 is 0.821 bits per heavy atom. The molecule has 0 bridgehead atoms. The van der Waals surface area contributed by atoms with Gasteiger partial charge in [-0.05, 0) is 35.4 Å². The number of carbonyl (C=O) groups is 4. The number of hydrogen-bond acceptors (Lipinski definition) is 10. The topological polar surface area (TPSA) is 140 Å². The molecule has 1 aromatic carbocycles. The second-order valence-electron chi connectivity index (χ2n) is 11.1. The molecule has 0 fully saturated rings. The molecule has 39 heavy (non-hydrogen) atoms. The number of ether oxygens (including phenoxy) is 5. The van der Waals surface area contributed by atoms with Crippen molar-refractivity contribution >= 4 is 24.1 Å². The fraction of sp³-hybridized carbons (Fsp3) is 0.655. The van der Waals surface area contributed by atoms with Crippen LogP contribution in [0.2, 0.25) is 0 Å². The summed E-state index contributed by atoms with van der Waals surface area (Å²) in [5.74, 6) is -2.13. The van der Waals surface area contributed by atoms with Crippen molar-refractivity contribution in [3.05, 3.63) is 23.8 Å². The molecule has 1 aromatic rings. The zero-order valence-corrected chi connectivity index (χ0v) is 24.7. The maximum Gasteiger partial charge on any atom is 0.508 e. The molecule has 10 heteroatoms. The maximum absolute atomic E-state index is 12.8. The van der Waals surface area contributed by atoms with Crippen molar-refractivity contribution in [2.24, 2.45) is 35.3 Å². The van der Waals surface area contributed by atoms with Gasteiger partial charge in [0.2, 0.25) is 0 Å². The van der Waals surface area contributed by atoms with E-state index in [2.05, 4.69) is 0 Å². The first kappa shape index (κ1) is 33.9. The highest BCUT2D eigenvalue weighted by atomic mass is 16.7. The highest BCUT2D eigenvalue weighted by Crippen LogP contribution is 2.32. The summed E-state index contributed by atoms with van der Waals surface area (Å²) in [6.07, 6.45) is -0.949. The molecule has 220 valence electrons. The van der Waals surface area contributed by atoms with Gasteiger partial charge in [0, 0.05) is 12.8 Å². The van der Waals surface area contributed by atoms with Crippen molar-refractivity contribution < 1.29 is 42.9 Å². The van der Waals surface area contributed by atoms with Crippen LogP contribution in [-0.4, -0.2) is 49.9 Å². The molecule has 10 nitrogen and oxygen atoms in total. The van der Waals surface area contributed by atoms with Crippen LogP contribution in [-0.2, 0) is 35.0 Å². The van der Waals surface area contributed by atoms with Crippen LogP contribution in [0, 0.1) is 29.6 Å². The quantitative estimate of drug-likeness (QED) is 0.256. The van der Waals surface area contributed by atoms with Crippen LogP contribution >= 0.6 is 0 Å². The second-order valence-corrected chi connectivity index (χ2v) is 11.1. The first-order chi connectivity index (χ1) is 18.1. The summed E-state index contributed by atoms with van der Waals surface area (Å²) in [4.78, 5) is 49.8. The second kappa shape index (κ2) is 15.5. The van der Waals surface area contributed by atoms with Gasteiger partial charge in [0.05, 0.1) is 32.2 Å². The molecular formula is C29H45NO9. The molecule has 3 unspecified atom stereocenters. The molecular weight excluding hydrogens is 506 g/mol. The molecule has 1 rings (SSSR count). The predicted octanol–water partition coefficient (Wildman–Crippen LogP) is 4.69. The predicted molar refractivity (Wildman–Crippen MR) is 145 cm³/mol. The van der Waals surface area contributed by atoms with Crippen molar-refractivity contribution in [1.29, 1.82) is 0 Å². The van der Waals surface area contributed by atoms with Crippen molar-refractivity contribution in [2.75, 3.05) is 20.3 Å². The van der Waals surface area contributed by atoms with Gasteiger partial charge in [-0.25, -0.2) is 4.79 Å². The van der Waals surface area contributed by atoms with Gasteiger partial charge >= 0.3 is 24.1 Å². The minimum Gasteiger partial charge on any atom is -0.468 e. The molecule has 0 aliphatic rings. The summed E-state index contributed by atoms with van der Waals surface area (Å²) < 4.78 is 26.2. The van der Waals surface area contributed by atoms with Crippen molar-refractivity contribution in [1.82, 2.24) is 0 Å². The summed E-state index contributed by atoms with van der Waals surface area (Å²) in [6.45, 7) is 14.9. The van der Waals surface area contributed by atoms with Crippen LogP contribution < -0.4 is 15.2 Å². The van der Waals surface area contributed by atoms with E-state index >= 15 is 0 Å². The fourth-order valence-corrected chi connectivity index (χ4v) is 3.20. The Balaban J connectivity index is 3.22. The van der Waals surface area contributed by atoms with Gasteiger partial charge in [-0.15, -0.1) is 0 Å². The zero-order valence-electron chi connectivity index (χ0n) is 24.7. The number of rotatable bonds is 14. The molecule has 0 aliphatic carbocycles. The van der Waals surface area contributed by atoms with Gasteiger partial charge in [-0.2, -0.15) is 0 Å². The van der Waals surface area contributed by atoms with Gasteiger partial charge in [-0.1, -0.05) is 61.5 Å². The normalized spacial score (nSPS) is 14.4. The number of methoxy groups -OCH3 is 1. The van der Waals surface area contributed by atoms with E-state index in [9.17, 15) is 19.2 Å². The Kier molecular flexibility index (Phi) is 13.4. The van der Waals surface area contributed by atoms with Gasteiger partial charge in [0.25, 0.3) is 0 Å². The summed E-state index contributed by atoms with van der Waals surface area (Å²) in [5, 5.41) is 0. The van der Waals surface area contributed by atoms with Crippen LogP contribution in [0.4, 0.5) is 4.79 Å². The van der Waals surface area contributed by atoms with Crippen molar-refractivity contribution in [3.8, 4) is 11.5 Å². The summed E-state index contributed by atoms with van der Waals surface area (Å²) >= 11 is 0. The van der Waals surface area contributed by atoms with E-state index in [1.807, 2.05) is 41.5 Å². The number of hydrogen-bond donors (Lipinski definition) is 1. The minimum absolute atomic E-state index is 0.0240. The molecule has 2 N–H and O–H groups in total. The van der Waals surface area contributed by atoms with Crippen molar-refractivity contribution in [2.45, 2.75) is 73.8 Å². The molecule has 0 amide bonds. The summed E-state index contributed by atoms with van der Waals surface area (Å²) in [6, 6.07) is 4.63. The van der Waals surface area contributed by atoms with E-state index in [1.165, 1.54) is 19.2 Å². The molecule has 0 radical (unpaired) electrons. The van der Waals surface area contributed by atoms with Crippen LogP contribution in [0.3, 0.4) is 0 Å². The number of nitrogens with two attached hydrogens (primary N) is 1. The standard InChI is InChI=1S/C29H45NO9/c1-17(2)16-37-28(34)36-13-12-29(30,27(33)35-9)15-22-10-11-23(38-25(31)20(7)18(3)4)24(14-22)39-26(32)21(8)19(5)6/h10-11,14,17-21H,12-13,15-16,30H2,1-9H3. The van der Waals surface area contributed by atoms with E-state index < -0.39 is 35.5 Å². The number of carbonyl (C=O) groups excluding carboxylic acids is 4. The lowest BCUT2D eigenvalue weighted by molar-refractivity contribution is -0.148. The van der Waals surface area contributed by atoms with E-state index in [4.69, 9.17) is 29.4 Å². The third-order valence-electron chi connectivity index (χ3n) is 6.59. The van der Waals surface area contributed by atoms with Gasteiger partial charge in [-0.3, -0.25) is 14.4 Å². The molecule has 0 saturated heterocycles. The Bertz CT molecular complexity index is 989. The lowest BCUT2D eigenvalue weighted by atomic mass is 9.88. The Morgan fingerprint density at radius 3 is 1.85 bits per heavy atom. The Morgan fingerprint density at radius 2 is 1.36 bits per heavy atom. The van der Waals surface area contributed by atoms with E-state index in [0.717, 1.165) is 0 Å². The number of benzene rings is 1. The largest absolute Gasteiger partial charge is 0.508 e. The summed E-state index contributed by atoms with van der Waals surface area (Å²) in [7, 11) is 1.21. The summed E-state index contributed by atoms with van der Waals surface area (Å²) in [5.41, 5.74) is 5.37. The number of esters is 3. The Labute approximate surface area is 231 Å². The molecule has 0 aromatic heterocycles. The lowest BCUT2D eigenvalue weighted by Crippen LogP contribution is -2.51. The highest BCUT2D eigenvalue weighted by molar-refractivity contribution is 5.81. The highest BCUT2D eigenvalue weighted by Gasteiger charge is 2.36. The van der Waals surface area contributed by atoms with Crippen LogP contribution in [0.15, 0.2) is 18.2 Å². The van der Waals surface area contributed by atoms with Gasteiger partial charge in [0.1, 0.15) is 5.54 Å². The third kappa shape index (κ3) is 10.9. The van der Waals surface area contributed by atoms with E-state index in [0.29, 0.717) is 5.56 Å². The van der Waals surface area contributed by atoms with E-state index in [-0.39, 0.29) is 61.2 Å². The molecule has 0 heterocycles. The lowest BCUT2D eigenvalue weighted by Gasteiger charge is -2.27. The third-order valence-corrected chi connectivity index (χ3v) is 6.59. The fourth-order valence-electron chi connectivity index (χ4n) is 3.20.